The monoisotopic (exact) mass is 279 g/mol. The molecule has 2 N–H and O–H groups in total. The minimum absolute atomic E-state index is 0.210. The zero-order valence-corrected chi connectivity index (χ0v) is 11.5. The van der Waals surface area contributed by atoms with Gasteiger partial charge in [0.25, 0.3) is 0 Å². The first kappa shape index (κ1) is 14.5. The van der Waals surface area contributed by atoms with Gasteiger partial charge in [-0.2, -0.15) is 0 Å². The Morgan fingerprint density at radius 3 is 2.55 bits per heavy atom. The lowest BCUT2D eigenvalue weighted by Crippen LogP contribution is -2.30. The quantitative estimate of drug-likeness (QED) is 0.894. The molecule has 20 heavy (non-hydrogen) atoms. The SMILES string of the molecule is Cc1ccc(NC(=O)C2CC(C)CC2C(=O)O)cc1F. The third-order valence-electron chi connectivity index (χ3n) is 3.89. The summed E-state index contributed by atoms with van der Waals surface area (Å²) in [5.41, 5.74) is 0.864. The van der Waals surface area contributed by atoms with Crippen LogP contribution in [0.3, 0.4) is 0 Å². The van der Waals surface area contributed by atoms with Crippen molar-refractivity contribution in [1.82, 2.24) is 0 Å². The van der Waals surface area contributed by atoms with Crippen molar-refractivity contribution < 1.29 is 19.1 Å². The van der Waals surface area contributed by atoms with Crippen molar-refractivity contribution in [3.8, 4) is 0 Å². The highest BCUT2D eigenvalue weighted by molar-refractivity contribution is 5.95. The van der Waals surface area contributed by atoms with Crippen LogP contribution in [-0.4, -0.2) is 17.0 Å². The van der Waals surface area contributed by atoms with Crippen LogP contribution in [0.1, 0.15) is 25.3 Å². The predicted molar refractivity (Wildman–Crippen MR) is 72.8 cm³/mol. The zero-order valence-electron chi connectivity index (χ0n) is 11.5. The van der Waals surface area contributed by atoms with E-state index in [1.165, 1.54) is 6.07 Å². The van der Waals surface area contributed by atoms with Crippen LogP contribution in [0.5, 0.6) is 0 Å². The van der Waals surface area contributed by atoms with Crippen LogP contribution in [0, 0.1) is 30.5 Å². The van der Waals surface area contributed by atoms with Crippen LogP contribution >= 0.6 is 0 Å². The Kier molecular flexibility index (Phi) is 4.06. The fourth-order valence-electron chi connectivity index (χ4n) is 2.76. The van der Waals surface area contributed by atoms with Gasteiger partial charge in [0.05, 0.1) is 11.8 Å². The summed E-state index contributed by atoms with van der Waals surface area (Å²) in [6.07, 6.45) is 1.06. The number of carboxylic acids is 1. The summed E-state index contributed by atoms with van der Waals surface area (Å²) in [7, 11) is 0. The van der Waals surface area contributed by atoms with Crippen LogP contribution in [0.25, 0.3) is 0 Å². The number of carbonyl (C=O) groups excluding carboxylic acids is 1. The summed E-state index contributed by atoms with van der Waals surface area (Å²) < 4.78 is 13.4. The van der Waals surface area contributed by atoms with Crippen LogP contribution in [0.4, 0.5) is 10.1 Å². The van der Waals surface area contributed by atoms with Crippen LogP contribution in [-0.2, 0) is 9.59 Å². The molecule has 0 heterocycles. The molecule has 5 heteroatoms. The lowest BCUT2D eigenvalue weighted by Gasteiger charge is -2.15. The molecule has 0 radical (unpaired) electrons. The molecule has 1 amide bonds. The number of halogens is 1. The Morgan fingerprint density at radius 1 is 1.30 bits per heavy atom. The van der Waals surface area contributed by atoms with Crippen molar-refractivity contribution in [2.24, 2.45) is 17.8 Å². The first-order chi connectivity index (χ1) is 9.38. The van der Waals surface area contributed by atoms with E-state index in [0.717, 1.165) is 0 Å². The predicted octanol–water partition coefficient (Wildman–Crippen LogP) is 2.82. The van der Waals surface area contributed by atoms with Crippen molar-refractivity contribution in [2.45, 2.75) is 26.7 Å². The Labute approximate surface area is 117 Å². The third kappa shape index (κ3) is 2.98. The number of rotatable bonds is 3. The van der Waals surface area contributed by atoms with Gasteiger partial charge in [0, 0.05) is 5.69 Å². The van der Waals surface area contributed by atoms with Gasteiger partial charge in [-0.3, -0.25) is 9.59 Å². The second-order valence-corrected chi connectivity index (χ2v) is 5.58. The highest BCUT2D eigenvalue weighted by atomic mass is 19.1. The number of hydrogen-bond donors (Lipinski definition) is 2. The molecule has 1 aliphatic carbocycles. The van der Waals surface area contributed by atoms with E-state index in [-0.39, 0.29) is 11.8 Å². The van der Waals surface area contributed by atoms with Gasteiger partial charge in [0.15, 0.2) is 0 Å². The molecule has 1 aliphatic rings. The first-order valence-electron chi connectivity index (χ1n) is 6.68. The van der Waals surface area contributed by atoms with Gasteiger partial charge in [-0.05, 0) is 43.4 Å². The van der Waals surface area contributed by atoms with Gasteiger partial charge < -0.3 is 10.4 Å². The number of carbonyl (C=O) groups is 2. The maximum Gasteiger partial charge on any atom is 0.307 e. The molecule has 1 saturated carbocycles. The average Bonchev–Trinajstić information content (AvgIpc) is 2.76. The van der Waals surface area contributed by atoms with Gasteiger partial charge in [-0.25, -0.2) is 4.39 Å². The van der Waals surface area contributed by atoms with Gasteiger partial charge in [-0.1, -0.05) is 13.0 Å². The first-order valence-corrected chi connectivity index (χ1v) is 6.68. The lowest BCUT2D eigenvalue weighted by atomic mass is 9.95. The Balaban J connectivity index is 2.11. The molecule has 1 aromatic carbocycles. The smallest absolute Gasteiger partial charge is 0.307 e. The molecule has 0 spiro atoms. The Morgan fingerprint density at radius 2 is 1.95 bits per heavy atom. The molecule has 4 nitrogen and oxygen atoms in total. The number of benzene rings is 1. The number of nitrogens with one attached hydrogen (secondary N) is 1. The van der Waals surface area contributed by atoms with Gasteiger partial charge in [0.1, 0.15) is 5.82 Å². The molecule has 108 valence electrons. The maximum atomic E-state index is 13.4. The van der Waals surface area contributed by atoms with Crippen LogP contribution in [0.2, 0.25) is 0 Å². The van der Waals surface area contributed by atoms with E-state index < -0.39 is 23.6 Å². The Bertz CT molecular complexity index is 544. The summed E-state index contributed by atoms with van der Waals surface area (Å²) >= 11 is 0. The Hall–Kier alpha value is -1.91. The normalized spacial score (nSPS) is 25.4. The largest absolute Gasteiger partial charge is 0.481 e. The summed E-state index contributed by atoms with van der Waals surface area (Å²) in [6.45, 7) is 3.58. The van der Waals surface area contributed by atoms with Crippen molar-refractivity contribution >= 4 is 17.6 Å². The highest BCUT2D eigenvalue weighted by Gasteiger charge is 2.41. The summed E-state index contributed by atoms with van der Waals surface area (Å²) in [5, 5.41) is 11.8. The van der Waals surface area contributed by atoms with E-state index in [9.17, 15) is 14.0 Å². The molecule has 2 rings (SSSR count). The van der Waals surface area contributed by atoms with Crippen LogP contribution < -0.4 is 5.32 Å². The summed E-state index contributed by atoms with van der Waals surface area (Å²) in [6, 6.07) is 4.45. The molecule has 0 saturated heterocycles. The molecule has 3 unspecified atom stereocenters. The molecule has 0 bridgehead atoms. The van der Waals surface area contributed by atoms with Crippen LogP contribution in [0.15, 0.2) is 18.2 Å². The second kappa shape index (κ2) is 5.61. The molecular weight excluding hydrogens is 261 g/mol. The molecule has 0 aromatic heterocycles. The number of amides is 1. The van der Waals surface area contributed by atoms with Gasteiger partial charge >= 0.3 is 5.97 Å². The highest BCUT2D eigenvalue weighted by Crippen LogP contribution is 2.37. The number of carboxylic acid groups (broad SMARTS) is 1. The molecule has 1 aromatic rings. The van der Waals surface area contributed by atoms with E-state index in [0.29, 0.717) is 24.1 Å². The van der Waals surface area contributed by atoms with E-state index in [1.54, 1.807) is 19.1 Å². The molecule has 1 fully saturated rings. The van der Waals surface area contributed by atoms with E-state index >= 15 is 0 Å². The van der Waals surface area contributed by atoms with E-state index in [4.69, 9.17) is 5.11 Å². The number of aryl methyl sites for hydroxylation is 1. The number of hydrogen-bond acceptors (Lipinski definition) is 2. The lowest BCUT2D eigenvalue weighted by molar-refractivity contribution is -0.145. The summed E-state index contributed by atoms with van der Waals surface area (Å²) in [4.78, 5) is 23.3. The van der Waals surface area contributed by atoms with Crippen molar-refractivity contribution in [3.05, 3.63) is 29.6 Å². The summed E-state index contributed by atoms with van der Waals surface area (Å²) in [5.74, 6) is -2.67. The van der Waals surface area contributed by atoms with Crippen molar-refractivity contribution in [1.29, 1.82) is 0 Å². The van der Waals surface area contributed by atoms with E-state index in [1.807, 2.05) is 6.92 Å². The average molecular weight is 279 g/mol. The molecule has 3 atom stereocenters. The van der Waals surface area contributed by atoms with Gasteiger partial charge in [0.2, 0.25) is 5.91 Å². The second-order valence-electron chi connectivity index (χ2n) is 5.58. The van der Waals surface area contributed by atoms with Gasteiger partial charge in [-0.15, -0.1) is 0 Å². The minimum atomic E-state index is -0.940. The fourth-order valence-corrected chi connectivity index (χ4v) is 2.76. The van der Waals surface area contributed by atoms with E-state index in [2.05, 4.69) is 5.32 Å². The third-order valence-corrected chi connectivity index (χ3v) is 3.89. The maximum absolute atomic E-state index is 13.4. The topological polar surface area (TPSA) is 66.4 Å². The fraction of sp³-hybridized carbons (Fsp3) is 0.467. The zero-order chi connectivity index (χ0) is 14.9. The van der Waals surface area contributed by atoms with Crippen molar-refractivity contribution in [2.75, 3.05) is 5.32 Å². The van der Waals surface area contributed by atoms with Crippen molar-refractivity contribution in [3.63, 3.8) is 0 Å². The molecule has 0 aliphatic heterocycles. The standard InChI is InChI=1S/C15H18FNO3/c1-8-5-11(12(6-8)15(19)20)14(18)17-10-4-3-9(2)13(16)7-10/h3-4,7-8,11-12H,5-6H2,1-2H3,(H,17,18)(H,19,20). The number of anilines is 1. The number of aliphatic carboxylic acids is 1. The molecular formula is C15H18FNO3. The minimum Gasteiger partial charge on any atom is -0.481 e.